The van der Waals surface area contributed by atoms with Gasteiger partial charge in [-0.15, -0.1) is 11.3 Å². The van der Waals surface area contributed by atoms with E-state index in [1.165, 1.54) is 11.3 Å². The summed E-state index contributed by atoms with van der Waals surface area (Å²) in [5.41, 5.74) is 0.733. The lowest BCUT2D eigenvalue weighted by Crippen LogP contribution is -2.13. The van der Waals surface area contributed by atoms with Gasteiger partial charge in [0, 0.05) is 23.0 Å². The van der Waals surface area contributed by atoms with Gasteiger partial charge >= 0.3 is 0 Å². The molecule has 1 amide bonds. The van der Waals surface area contributed by atoms with Crippen molar-refractivity contribution in [2.24, 2.45) is 0 Å². The van der Waals surface area contributed by atoms with Crippen LogP contribution in [-0.2, 0) is 4.79 Å². The minimum absolute atomic E-state index is 0.0148. The maximum Gasteiger partial charge on any atom is 0.224 e. The van der Waals surface area contributed by atoms with E-state index in [0.717, 1.165) is 10.2 Å². The number of thiophene rings is 1. The number of amides is 1. The van der Waals surface area contributed by atoms with E-state index in [1.807, 2.05) is 35.7 Å². The summed E-state index contributed by atoms with van der Waals surface area (Å²) in [6, 6.07) is 10.9. The molecule has 0 saturated carbocycles. The number of hydrogen-bond acceptors (Lipinski definition) is 3. The fourth-order valence-electron chi connectivity index (χ4n) is 1.54. The van der Waals surface area contributed by atoms with Crippen molar-refractivity contribution in [1.29, 1.82) is 0 Å². The molecule has 1 heterocycles. The highest BCUT2D eigenvalue weighted by atomic mass is 79.9. The van der Waals surface area contributed by atoms with Gasteiger partial charge in [0.05, 0.1) is 4.88 Å². The van der Waals surface area contributed by atoms with Crippen molar-refractivity contribution >= 4 is 44.6 Å². The Labute approximate surface area is 123 Å². The molecule has 0 saturated heterocycles. The zero-order valence-corrected chi connectivity index (χ0v) is 12.5. The van der Waals surface area contributed by atoms with Crippen molar-refractivity contribution in [1.82, 2.24) is 0 Å². The lowest BCUT2D eigenvalue weighted by molar-refractivity contribution is -0.116. The van der Waals surface area contributed by atoms with Crippen molar-refractivity contribution < 1.29 is 9.59 Å². The summed E-state index contributed by atoms with van der Waals surface area (Å²) < 4.78 is 0.957. The molecule has 0 atom stereocenters. The molecule has 0 aliphatic heterocycles. The lowest BCUT2D eigenvalue weighted by Gasteiger charge is -2.04. The summed E-state index contributed by atoms with van der Waals surface area (Å²) in [5.74, 6) is -0.131. The second kappa shape index (κ2) is 6.63. The number of nitrogens with one attached hydrogen (secondary N) is 1. The van der Waals surface area contributed by atoms with Crippen molar-refractivity contribution in [2.45, 2.75) is 12.8 Å². The predicted octanol–water partition coefficient (Wildman–Crippen LogP) is 4.11. The monoisotopic (exact) mass is 337 g/mol. The second-order valence-electron chi connectivity index (χ2n) is 3.96. The minimum Gasteiger partial charge on any atom is -0.326 e. The van der Waals surface area contributed by atoms with Crippen LogP contribution in [0.2, 0.25) is 0 Å². The van der Waals surface area contributed by atoms with Crippen molar-refractivity contribution in [3.05, 3.63) is 51.1 Å². The number of benzene rings is 1. The molecule has 2 rings (SSSR count). The fourth-order valence-corrected chi connectivity index (χ4v) is 2.50. The first-order chi connectivity index (χ1) is 9.15. The molecule has 0 aliphatic carbocycles. The highest BCUT2D eigenvalue weighted by Crippen LogP contribution is 2.15. The van der Waals surface area contributed by atoms with Crippen molar-refractivity contribution in [3.8, 4) is 0 Å². The molecule has 0 fully saturated rings. The number of carbonyl (C=O) groups excluding carboxylic acids is 2. The standard InChI is InChI=1S/C14H12BrNO2S/c15-10-3-5-11(6-4-10)16-14(18)8-7-12(17)13-2-1-9-19-13/h1-6,9H,7-8H2,(H,16,18). The maximum absolute atomic E-state index is 11.7. The summed E-state index contributed by atoms with van der Waals surface area (Å²) >= 11 is 4.73. The molecule has 0 aliphatic rings. The van der Waals surface area contributed by atoms with Gasteiger partial charge in [0.15, 0.2) is 5.78 Å². The SMILES string of the molecule is O=C(CCC(=O)c1cccs1)Nc1ccc(Br)cc1. The molecule has 1 aromatic carbocycles. The molecule has 0 bridgehead atoms. The molecule has 1 N–H and O–H groups in total. The fraction of sp³-hybridized carbons (Fsp3) is 0.143. The van der Waals surface area contributed by atoms with Gasteiger partial charge in [-0.1, -0.05) is 22.0 Å². The van der Waals surface area contributed by atoms with Gasteiger partial charge in [-0.3, -0.25) is 9.59 Å². The molecule has 5 heteroatoms. The number of rotatable bonds is 5. The van der Waals surface area contributed by atoms with Gasteiger partial charge in [0.2, 0.25) is 5.91 Å². The zero-order valence-electron chi connectivity index (χ0n) is 10.1. The molecule has 2 aromatic rings. The van der Waals surface area contributed by atoms with E-state index in [-0.39, 0.29) is 24.5 Å². The average molecular weight is 338 g/mol. The molecular formula is C14H12BrNO2S. The highest BCUT2D eigenvalue weighted by Gasteiger charge is 2.10. The van der Waals surface area contributed by atoms with E-state index >= 15 is 0 Å². The number of ketones is 1. The Bertz CT molecular complexity index is 564. The highest BCUT2D eigenvalue weighted by molar-refractivity contribution is 9.10. The van der Waals surface area contributed by atoms with Gasteiger partial charge in [-0.25, -0.2) is 0 Å². The van der Waals surface area contributed by atoms with E-state index < -0.39 is 0 Å². The molecule has 1 aromatic heterocycles. The quantitative estimate of drug-likeness (QED) is 0.834. The van der Waals surface area contributed by atoms with E-state index in [1.54, 1.807) is 6.07 Å². The van der Waals surface area contributed by atoms with Gasteiger partial charge in [0.1, 0.15) is 0 Å². The van der Waals surface area contributed by atoms with Crippen LogP contribution in [0.15, 0.2) is 46.3 Å². The smallest absolute Gasteiger partial charge is 0.224 e. The van der Waals surface area contributed by atoms with Gasteiger partial charge in [0.25, 0.3) is 0 Å². The number of hydrogen-bond donors (Lipinski definition) is 1. The summed E-state index contributed by atoms with van der Waals surface area (Å²) in [6.45, 7) is 0. The third-order valence-corrected chi connectivity index (χ3v) is 3.94. The molecule has 0 unspecified atom stereocenters. The molecule has 3 nitrogen and oxygen atoms in total. The van der Waals surface area contributed by atoms with E-state index in [0.29, 0.717) is 4.88 Å². The molecule has 0 radical (unpaired) electrons. The summed E-state index contributed by atoms with van der Waals surface area (Å²) in [7, 11) is 0. The van der Waals surface area contributed by atoms with Crippen molar-refractivity contribution in [2.75, 3.05) is 5.32 Å². The zero-order chi connectivity index (χ0) is 13.7. The predicted molar refractivity (Wildman–Crippen MR) is 80.7 cm³/mol. The van der Waals surface area contributed by atoms with E-state index in [4.69, 9.17) is 0 Å². The molecule has 19 heavy (non-hydrogen) atoms. The Morgan fingerprint density at radius 3 is 2.47 bits per heavy atom. The van der Waals surface area contributed by atoms with Crippen LogP contribution in [0.4, 0.5) is 5.69 Å². The first-order valence-electron chi connectivity index (χ1n) is 5.77. The number of halogens is 1. The molecular weight excluding hydrogens is 326 g/mol. The van der Waals surface area contributed by atoms with Gasteiger partial charge in [-0.05, 0) is 35.7 Å². The first-order valence-corrected chi connectivity index (χ1v) is 7.44. The average Bonchev–Trinajstić information content (AvgIpc) is 2.93. The normalized spacial score (nSPS) is 10.2. The van der Waals surface area contributed by atoms with Crippen LogP contribution in [0.5, 0.6) is 0 Å². The van der Waals surface area contributed by atoms with Crippen LogP contribution in [0.25, 0.3) is 0 Å². The number of anilines is 1. The number of carbonyl (C=O) groups is 2. The van der Waals surface area contributed by atoms with E-state index in [9.17, 15) is 9.59 Å². The third kappa shape index (κ3) is 4.29. The Hall–Kier alpha value is -1.46. The summed E-state index contributed by atoms with van der Waals surface area (Å²) in [4.78, 5) is 24.1. The summed E-state index contributed by atoms with van der Waals surface area (Å²) in [5, 5.41) is 4.62. The van der Waals surface area contributed by atoms with Crippen LogP contribution < -0.4 is 5.32 Å². The Morgan fingerprint density at radius 1 is 1.11 bits per heavy atom. The van der Waals surface area contributed by atoms with Crippen LogP contribution in [0.1, 0.15) is 22.5 Å². The van der Waals surface area contributed by atoms with E-state index in [2.05, 4.69) is 21.2 Å². The second-order valence-corrected chi connectivity index (χ2v) is 5.82. The largest absolute Gasteiger partial charge is 0.326 e. The maximum atomic E-state index is 11.7. The van der Waals surface area contributed by atoms with Crippen LogP contribution >= 0.6 is 27.3 Å². The van der Waals surface area contributed by atoms with Gasteiger partial charge in [-0.2, -0.15) is 0 Å². The molecule has 0 spiro atoms. The Morgan fingerprint density at radius 2 is 1.84 bits per heavy atom. The molecule has 98 valence electrons. The van der Waals surface area contributed by atoms with Crippen LogP contribution in [0.3, 0.4) is 0 Å². The van der Waals surface area contributed by atoms with Crippen LogP contribution in [-0.4, -0.2) is 11.7 Å². The lowest BCUT2D eigenvalue weighted by atomic mass is 10.2. The van der Waals surface area contributed by atoms with Gasteiger partial charge < -0.3 is 5.32 Å². The first kappa shape index (κ1) is 14.0. The Balaban J connectivity index is 1.82. The third-order valence-electron chi connectivity index (χ3n) is 2.50. The minimum atomic E-state index is -0.146. The summed E-state index contributed by atoms with van der Waals surface area (Å²) in [6.07, 6.45) is 0.440. The van der Waals surface area contributed by atoms with Crippen molar-refractivity contribution in [3.63, 3.8) is 0 Å². The number of Topliss-reactive ketones (excluding diaryl/α,β-unsaturated/α-hetero) is 1. The Kier molecular flexibility index (Phi) is 4.87. The topological polar surface area (TPSA) is 46.2 Å². The van der Waals surface area contributed by atoms with Crippen LogP contribution in [0, 0.1) is 0 Å².